The first kappa shape index (κ1) is 12.1. The normalized spacial score (nSPS) is 10.7. The largest absolute Gasteiger partial charge is 0.314 e. The second-order valence-corrected chi connectivity index (χ2v) is 4.92. The molecule has 0 spiro atoms. The van der Waals surface area contributed by atoms with Crippen LogP contribution in [-0.2, 0) is 4.79 Å². The van der Waals surface area contributed by atoms with Gasteiger partial charge in [0.15, 0.2) is 5.13 Å². The summed E-state index contributed by atoms with van der Waals surface area (Å²) in [4.78, 5) is 16.6. The van der Waals surface area contributed by atoms with Gasteiger partial charge in [-0.05, 0) is 6.92 Å². The Labute approximate surface area is 94.1 Å². The topological polar surface area (TPSA) is 54.0 Å². The van der Waals surface area contributed by atoms with Crippen molar-refractivity contribution in [2.75, 3.05) is 11.9 Å². The molecule has 4 nitrogen and oxygen atoms in total. The summed E-state index contributed by atoms with van der Waals surface area (Å²) in [5.41, 5.74) is 0. The quantitative estimate of drug-likeness (QED) is 0.806. The number of hydrogen-bond donors (Lipinski definition) is 2. The van der Waals surface area contributed by atoms with Crippen molar-refractivity contribution in [1.29, 1.82) is 0 Å². The summed E-state index contributed by atoms with van der Waals surface area (Å²) >= 11 is 1.49. The molecule has 1 amide bonds. The Morgan fingerprint density at radius 1 is 1.60 bits per heavy atom. The molecule has 1 heterocycles. The number of hydrogen-bond acceptors (Lipinski definition) is 4. The Hall–Kier alpha value is -0.940. The number of thiazole rings is 1. The lowest BCUT2D eigenvalue weighted by Crippen LogP contribution is -2.27. The van der Waals surface area contributed by atoms with Gasteiger partial charge in [0.25, 0.3) is 0 Å². The van der Waals surface area contributed by atoms with Crippen molar-refractivity contribution < 1.29 is 4.79 Å². The van der Waals surface area contributed by atoms with Crippen molar-refractivity contribution in [3.05, 3.63) is 11.1 Å². The second-order valence-electron chi connectivity index (χ2n) is 3.68. The number of nitrogens with zero attached hydrogens (tertiary/aromatic N) is 1. The molecule has 1 aromatic rings. The van der Waals surface area contributed by atoms with Crippen molar-refractivity contribution in [2.24, 2.45) is 0 Å². The van der Waals surface area contributed by atoms with Crippen molar-refractivity contribution in [3.8, 4) is 0 Å². The molecule has 0 unspecified atom stereocenters. The summed E-state index contributed by atoms with van der Waals surface area (Å²) in [7, 11) is 0. The molecule has 5 heteroatoms. The Morgan fingerprint density at radius 3 is 2.87 bits per heavy atom. The minimum absolute atomic E-state index is 0.0116. The predicted molar refractivity (Wildman–Crippen MR) is 63.2 cm³/mol. The fraction of sp³-hybridized carbons (Fsp3) is 0.600. The molecular formula is C10H17N3OS. The van der Waals surface area contributed by atoms with E-state index in [1.54, 1.807) is 6.20 Å². The monoisotopic (exact) mass is 227 g/mol. The molecule has 0 radical (unpaired) electrons. The molecule has 15 heavy (non-hydrogen) atoms. The molecule has 0 fully saturated rings. The minimum atomic E-state index is 0.0116. The van der Waals surface area contributed by atoms with E-state index in [0.29, 0.717) is 24.1 Å². The van der Waals surface area contributed by atoms with Crippen LogP contribution in [0.3, 0.4) is 0 Å². The third-order valence-electron chi connectivity index (χ3n) is 1.77. The Balaban J connectivity index is 2.24. The molecule has 0 saturated carbocycles. The van der Waals surface area contributed by atoms with Crippen LogP contribution in [0.2, 0.25) is 0 Å². The van der Waals surface area contributed by atoms with E-state index in [2.05, 4.69) is 29.5 Å². The van der Waals surface area contributed by atoms with E-state index < -0.39 is 0 Å². The smallest absolute Gasteiger partial charge is 0.227 e. The SMILES string of the molecule is Cc1cnc(NC(=O)CCNC(C)C)s1. The lowest BCUT2D eigenvalue weighted by Gasteiger charge is -2.06. The number of amides is 1. The summed E-state index contributed by atoms with van der Waals surface area (Å²) in [5.74, 6) is 0.0116. The van der Waals surface area contributed by atoms with E-state index in [-0.39, 0.29) is 5.91 Å². The van der Waals surface area contributed by atoms with Gasteiger partial charge in [-0.25, -0.2) is 4.98 Å². The Kier molecular flexibility index (Phi) is 4.71. The first-order valence-electron chi connectivity index (χ1n) is 5.03. The molecule has 0 saturated heterocycles. The van der Waals surface area contributed by atoms with E-state index in [1.165, 1.54) is 11.3 Å². The fourth-order valence-corrected chi connectivity index (χ4v) is 1.75. The molecule has 0 bridgehead atoms. The van der Waals surface area contributed by atoms with Gasteiger partial charge >= 0.3 is 0 Å². The number of aromatic nitrogens is 1. The third kappa shape index (κ3) is 4.90. The minimum Gasteiger partial charge on any atom is -0.314 e. The zero-order valence-electron chi connectivity index (χ0n) is 9.33. The molecule has 0 aliphatic carbocycles. The fourth-order valence-electron chi connectivity index (χ4n) is 1.07. The summed E-state index contributed by atoms with van der Waals surface area (Å²) in [6.07, 6.45) is 2.24. The Bertz CT molecular complexity index is 322. The van der Waals surface area contributed by atoms with Crippen LogP contribution in [0, 0.1) is 6.92 Å². The van der Waals surface area contributed by atoms with E-state index >= 15 is 0 Å². The molecule has 0 aromatic carbocycles. The maximum atomic E-state index is 11.4. The van der Waals surface area contributed by atoms with Gasteiger partial charge in [0, 0.05) is 30.1 Å². The molecule has 84 valence electrons. The summed E-state index contributed by atoms with van der Waals surface area (Å²) in [6.45, 7) is 6.78. The zero-order chi connectivity index (χ0) is 11.3. The van der Waals surface area contributed by atoms with E-state index in [4.69, 9.17) is 0 Å². The number of aryl methyl sites for hydroxylation is 1. The maximum Gasteiger partial charge on any atom is 0.227 e. The molecule has 1 rings (SSSR count). The maximum absolute atomic E-state index is 11.4. The number of anilines is 1. The zero-order valence-corrected chi connectivity index (χ0v) is 10.1. The van der Waals surface area contributed by atoms with Crippen LogP contribution >= 0.6 is 11.3 Å². The van der Waals surface area contributed by atoms with Crippen LogP contribution in [0.5, 0.6) is 0 Å². The van der Waals surface area contributed by atoms with Crippen molar-refractivity contribution in [1.82, 2.24) is 10.3 Å². The second kappa shape index (κ2) is 5.82. The van der Waals surface area contributed by atoms with Crippen LogP contribution < -0.4 is 10.6 Å². The number of rotatable bonds is 5. The first-order chi connectivity index (χ1) is 7.08. The van der Waals surface area contributed by atoms with E-state index in [9.17, 15) is 4.79 Å². The van der Waals surface area contributed by atoms with Gasteiger partial charge in [0.1, 0.15) is 0 Å². The van der Waals surface area contributed by atoms with Crippen LogP contribution in [0.4, 0.5) is 5.13 Å². The highest BCUT2D eigenvalue weighted by atomic mass is 32.1. The number of carbonyl (C=O) groups is 1. The highest BCUT2D eigenvalue weighted by Gasteiger charge is 2.04. The number of nitrogens with one attached hydrogen (secondary N) is 2. The molecule has 2 N–H and O–H groups in total. The highest BCUT2D eigenvalue weighted by molar-refractivity contribution is 7.15. The van der Waals surface area contributed by atoms with Crippen LogP contribution in [-0.4, -0.2) is 23.5 Å². The molecule has 0 aliphatic rings. The summed E-state index contributed by atoms with van der Waals surface area (Å²) in [6, 6.07) is 0.417. The predicted octanol–water partition coefficient (Wildman–Crippen LogP) is 1.78. The van der Waals surface area contributed by atoms with Gasteiger partial charge in [-0.2, -0.15) is 0 Å². The standard InChI is InChI=1S/C10H17N3OS/c1-7(2)11-5-4-9(14)13-10-12-6-8(3)15-10/h6-7,11H,4-5H2,1-3H3,(H,12,13,14). The average Bonchev–Trinajstić information content (AvgIpc) is 2.50. The lowest BCUT2D eigenvalue weighted by atomic mass is 10.3. The molecule has 0 aliphatic heterocycles. The average molecular weight is 227 g/mol. The van der Waals surface area contributed by atoms with Gasteiger partial charge in [-0.1, -0.05) is 13.8 Å². The summed E-state index contributed by atoms with van der Waals surface area (Å²) < 4.78 is 0. The summed E-state index contributed by atoms with van der Waals surface area (Å²) in [5, 5.41) is 6.64. The van der Waals surface area contributed by atoms with Gasteiger partial charge in [0.05, 0.1) is 0 Å². The van der Waals surface area contributed by atoms with Crippen LogP contribution in [0.1, 0.15) is 25.1 Å². The van der Waals surface area contributed by atoms with Gasteiger partial charge in [0.2, 0.25) is 5.91 Å². The highest BCUT2D eigenvalue weighted by Crippen LogP contribution is 2.16. The van der Waals surface area contributed by atoms with E-state index in [0.717, 1.165) is 4.88 Å². The Morgan fingerprint density at radius 2 is 2.33 bits per heavy atom. The van der Waals surface area contributed by atoms with Crippen LogP contribution in [0.25, 0.3) is 0 Å². The van der Waals surface area contributed by atoms with E-state index in [1.807, 2.05) is 6.92 Å². The lowest BCUT2D eigenvalue weighted by molar-refractivity contribution is -0.116. The van der Waals surface area contributed by atoms with Crippen LogP contribution in [0.15, 0.2) is 6.20 Å². The van der Waals surface area contributed by atoms with Crippen molar-refractivity contribution in [2.45, 2.75) is 33.2 Å². The molecular weight excluding hydrogens is 210 g/mol. The van der Waals surface area contributed by atoms with Crippen molar-refractivity contribution in [3.63, 3.8) is 0 Å². The van der Waals surface area contributed by atoms with Crippen molar-refractivity contribution >= 4 is 22.4 Å². The van der Waals surface area contributed by atoms with Gasteiger partial charge < -0.3 is 10.6 Å². The number of carbonyl (C=O) groups excluding carboxylic acids is 1. The third-order valence-corrected chi connectivity index (χ3v) is 2.60. The van der Waals surface area contributed by atoms with Gasteiger partial charge in [-0.15, -0.1) is 11.3 Å². The van der Waals surface area contributed by atoms with Gasteiger partial charge in [-0.3, -0.25) is 4.79 Å². The molecule has 0 atom stereocenters. The first-order valence-corrected chi connectivity index (χ1v) is 5.85. The molecule has 1 aromatic heterocycles.